The number of imide groups is 1. The summed E-state index contributed by atoms with van der Waals surface area (Å²) in [5.41, 5.74) is 2.36. The first-order valence-electron chi connectivity index (χ1n) is 9.15. The highest BCUT2D eigenvalue weighted by Crippen LogP contribution is 2.27. The quantitative estimate of drug-likeness (QED) is 0.642. The smallest absolute Gasteiger partial charge is 0.261 e. The number of carbonyl (C=O) groups is 2. The van der Waals surface area contributed by atoms with E-state index in [0.717, 1.165) is 16.5 Å². The number of amides is 2. The van der Waals surface area contributed by atoms with Crippen molar-refractivity contribution in [2.45, 2.75) is 19.9 Å². The fourth-order valence-electron chi connectivity index (χ4n) is 3.79. The van der Waals surface area contributed by atoms with Crippen molar-refractivity contribution in [1.29, 1.82) is 0 Å². The molecule has 6 nitrogen and oxygen atoms in total. The summed E-state index contributed by atoms with van der Waals surface area (Å²) in [6, 6.07) is 14.1. The van der Waals surface area contributed by atoms with Crippen molar-refractivity contribution in [3.05, 3.63) is 75.6 Å². The molecule has 0 radical (unpaired) electrons. The Morgan fingerprint density at radius 3 is 2.21 bits per heavy atom. The molecule has 2 aromatic carbocycles. The average molecular weight is 376 g/mol. The second-order valence-electron chi connectivity index (χ2n) is 6.83. The lowest BCUT2D eigenvalue weighted by Crippen LogP contribution is -2.32. The molecule has 0 bridgehead atoms. The molecule has 0 atom stereocenters. The summed E-state index contributed by atoms with van der Waals surface area (Å²) in [7, 11) is 1.57. The largest absolute Gasteiger partial charge is 0.495 e. The topological polar surface area (TPSA) is 68.6 Å². The number of hydrogen-bond acceptors (Lipinski definition) is 4. The first-order chi connectivity index (χ1) is 13.5. The molecule has 0 unspecified atom stereocenters. The Kier molecular flexibility index (Phi) is 4.47. The zero-order valence-electron chi connectivity index (χ0n) is 15.8. The summed E-state index contributed by atoms with van der Waals surface area (Å²) >= 11 is 0. The van der Waals surface area contributed by atoms with E-state index in [2.05, 4.69) is 0 Å². The molecule has 142 valence electrons. The van der Waals surface area contributed by atoms with Crippen LogP contribution in [0.2, 0.25) is 0 Å². The maximum Gasteiger partial charge on any atom is 0.261 e. The highest BCUT2D eigenvalue weighted by molar-refractivity contribution is 6.21. The van der Waals surface area contributed by atoms with Crippen molar-refractivity contribution in [1.82, 2.24) is 9.47 Å². The van der Waals surface area contributed by atoms with Crippen LogP contribution < -0.4 is 10.3 Å². The van der Waals surface area contributed by atoms with Crippen LogP contribution in [0.3, 0.4) is 0 Å². The molecule has 6 heteroatoms. The second kappa shape index (κ2) is 6.96. The third-order valence-electron chi connectivity index (χ3n) is 5.16. The third kappa shape index (κ3) is 2.78. The predicted octanol–water partition coefficient (Wildman–Crippen LogP) is 3.00. The van der Waals surface area contributed by atoms with E-state index >= 15 is 0 Å². The molecule has 1 aromatic heterocycles. The summed E-state index contributed by atoms with van der Waals surface area (Å²) in [4.78, 5) is 38.9. The van der Waals surface area contributed by atoms with E-state index in [0.29, 0.717) is 29.8 Å². The SMILES string of the molecule is COc1cccc2c(C)cc(=O)n(CCCN3C(=O)c4ccccc4C3=O)c12. The second-order valence-corrected chi connectivity index (χ2v) is 6.83. The Balaban J connectivity index is 1.60. The van der Waals surface area contributed by atoms with Crippen molar-refractivity contribution in [2.75, 3.05) is 13.7 Å². The molecule has 0 spiro atoms. The molecule has 1 aliphatic rings. The molecule has 28 heavy (non-hydrogen) atoms. The summed E-state index contributed by atoms with van der Waals surface area (Å²) in [6.45, 7) is 2.53. The standard InChI is InChI=1S/C22H20N2O4/c1-14-13-19(25)23(20-15(14)9-5-10-18(20)28-2)11-6-12-24-21(26)16-7-3-4-8-17(16)22(24)27/h3-5,7-10,13H,6,11-12H2,1-2H3. The van der Waals surface area contributed by atoms with E-state index in [9.17, 15) is 14.4 Å². The number of fused-ring (bicyclic) bond motifs is 2. The number of carbonyl (C=O) groups excluding carboxylic acids is 2. The van der Waals surface area contributed by atoms with Crippen LogP contribution >= 0.6 is 0 Å². The number of pyridine rings is 1. The van der Waals surface area contributed by atoms with Gasteiger partial charge in [0, 0.05) is 24.5 Å². The molecule has 2 heterocycles. The summed E-state index contributed by atoms with van der Waals surface area (Å²) in [5, 5.41) is 0.944. The van der Waals surface area contributed by atoms with E-state index in [1.807, 2.05) is 25.1 Å². The lowest BCUT2D eigenvalue weighted by atomic mass is 10.1. The fourth-order valence-corrected chi connectivity index (χ4v) is 3.79. The number of aromatic nitrogens is 1. The van der Waals surface area contributed by atoms with Gasteiger partial charge in [-0.2, -0.15) is 0 Å². The number of methoxy groups -OCH3 is 1. The minimum absolute atomic E-state index is 0.128. The summed E-state index contributed by atoms with van der Waals surface area (Å²) < 4.78 is 7.11. The predicted molar refractivity (Wildman–Crippen MR) is 106 cm³/mol. The van der Waals surface area contributed by atoms with Gasteiger partial charge in [-0.05, 0) is 37.1 Å². The molecule has 1 aliphatic heterocycles. The Morgan fingerprint density at radius 2 is 1.57 bits per heavy atom. The Hall–Kier alpha value is -3.41. The van der Waals surface area contributed by atoms with Gasteiger partial charge in [-0.1, -0.05) is 24.3 Å². The molecule has 3 aromatic rings. The molecule has 0 saturated heterocycles. The van der Waals surface area contributed by atoms with Crippen LogP contribution in [0.25, 0.3) is 10.9 Å². The molecule has 0 N–H and O–H groups in total. The van der Waals surface area contributed by atoms with Crippen molar-refractivity contribution in [3.8, 4) is 5.75 Å². The first-order valence-corrected chi connectivity index (χ1v) is 9.15. The number of nitrogens with zero attached hydrogens (tertiary/aromatic N) is 2. The number of hydrogen-bond donors (Lipinski definition) is 0. The van der Waals surface area contributed by atoms with Crippen LogP contribution in [0.4, 0.5) is 0 Å². The molecule has 2 amide bonds. The maximum absolute atomic E-state index is 12.6. The number of benzene rings is 2. The number of para-hydroxylation sites is 1. The molecule has 0 saturated carbocycles. The van der Waals surface area contributed by atoms with Gasteiger partial charge in [-0.3, -0.25) is 19.3 Å². The van der Waals surface area contributed by atoms with Gasteiger partial charge in [-0.15, -0.1) is 0 Å². The van der Waals surface area contributed by atoms with Crippen molar-refractivity contribution in [3.63, 3.8) is 0 Å². The highest BCUT2D eigenvalue weighted by Gasteiger charge is 2.34. The lowest BCUT2D eigenvalue weighted by molar-refractivity contribution is 0.0651. The van der Waals surface area contributed by atoms with Gasteiger partial charge in [0.2, 0.25) is 0 Å². The van der Waals surface area contributed by atoms with E-state index in [-0.39, 0.29) is 23.9 Å². The van der Waals surface area contributed by atoms with Crippen molar-refractivity contribution in [2.24, 2.45) is 0 Å². The van der Waals surface area contributed by atoms with Crippen molar-refractivity contribution >= 4 is 22.7 Å². The summed E-state index contributed by atoms with van der Waals surface area (Å²) in [5.74, 6) is 0.0672. The molecule has 4 rings (SSSR count). The van der Waals surface area contributed by atoms with Gasteiger partial charge in [0.05, 0.1) is 23.8 Å². The normalized spacial score (nSPS) is 13.3. The van der Waals surface area contributed by atoms with Gasteiger partial charge >= 0.3 is 0 Å². The Bertz CT molecular complexity index is 1130. The third-order valence-corrected chi connectivity index (χ3v) is 5.16. The van der Waals surface area contributed by atoms with Gasteiger partial charge in [0.1, 0.15) is 5.75 Å². The summed E-state index contributed by atoms with van der Waals surface area (Å²) in [6.07, 6.45) is 0.474. The average Bonchev–Trinajstić information content (AvgIpc) is 2.95. The number of rotatable bonds is 5. The zero-order valence-corrected chi connectivity index (χ0v) is 15.8. The molecule has 0 aliphatic carbocycles. The zero-order chi connectivity index (χ0) is 19.8. The van der Waals surface area contributed by atoms with E-state index < -0.39 is 0 Å². The minimum Gasteiger partial charge on any atom is -0.495 e. The maximum atomic E-state index is 12.6. The van der Waals surface area contributed by atoms with Gasteiger partial charge < -0.3 is 9.30 Å². The molecular weight excluding hydrogens is 356 g/mol. The van der Waals surface area contributed by atoms with Crippen LogP contribution in [0.5, 0.6) is 5.75 Å². The molecule has 0 fully saturated rings. The lowest BCUT2D eigenvalue weighted by Gasteiger charge is -2.17. The van der Waals surface area contributed by atoms with E-state index in [1.54, 1.807) is 42.0 Å². The molecular formula is C22H20N2O4. The number of aryl methyl sites for hydroxylation is 2. The van der Waals surface area contributed by atoms with Crippen LogP contribution in [0.1, 0.15) is 32.7 Å². The van der Waals surface area contributed by atoms with Crippen LogP contribution in [-0.2, 0) is 6.54 Å². The van der Waals surface area contributed by atoms with E-state index in [1.165, 1.54) is 4.90 Å². The number of ether oxygens (including phenoxy) is 1. The monoisotopic (exact) mass is 376 g/mol. The van der Waals surface area contributed by atoms with Crippen LogP contribution in [0.15, 0.2) is 53.3 Å². The van der Waals surface area contributed by atoms with Gasteiger partial charge in [-0.25, -0.2) is 0 Å². The highest BCUT2D eigenvalue weighted by atomic mass is 16.5. The Morgan fingerprint density at radius 1 is 0.893 bits per heavy atom. The van der Waals surface area contributed by atoms with Gasteiger partial charge in [0.25, 0.3) is 17.4 Å². The Labute approximate surface area is 162 Å². The van der Waals surface area contributed by atoms with Gasteiger partial charge in [0.15, 0.2) is 0 Å². The minimum atomic E-state index is -0.278. The first kappa shape index (κ1) is 18.0. The van der Waals surface area contributed by atoms with Crippen molar-refractivity contribution < 1.29 is 14.3 Å². The van der Waals surface area contributed by atoms with Crippen LogP contribution in [-0.4, -0.2) is 34.9 Å². The van der Waals surface area contributed by atoms with E-state index in [4.69, 9.17) is 4.74 Å². The fraction of sp³-hybridized carbons (Fsp3) is 0.227. The van der Waals surface area contributed by atoms with Crippen LogP contribution in [0, 0.1) is 6.92 Å².